The third-order valence-electron chi connectivity index (χ3n) is 4.54. The smallest absolute Gasteiger partial charge is 0.326 e. The maximum Gasteiger partial charge on any atom is 0.326 e. The lowest BCUT2D eigenvalue weighted by Gasteiger charge is -2.22. The molecule has 1 aliphatic heterocycles. The third kappa shape index (κ3) is 1.64. The number of aliphatic hydroxyl groups is 1. The first-order chi connectivity index (χ1) is 8.09. The molecule has 0 spiro atoms. The standard InChI is InChI=1S/C12H17NO4/c14-6-4-9(12(16)17)13(5-6)11(15)10-7-2-1-3-8(7)10/h6-10,14H,1-5H2,(H,16,17)/t6-,7?,8?,9+,10?/m1/s1. The van der Waals surface area contributed by atoms with Crippen molar-refractivity contribution >= 4 is 11.9 Å². The molecule has 3 aliphatic rings. The zero-order chi connectivity index (χ0) is 12.2. The minimum absolute atomic E-state index is 0.0383. The Morgan fingerprint density at radius 3 is 2.41 bits per heavy atom. The Hall–Kier alpha value is -1.10. The maximum atomic E-state index is 12.2. The van der Waals surface area contributed by atoms with E-state index in [0.29, 0.717) is 11.8 Å². The van der Waals surface area contributed by atoms with Crippen LogP contribution in [0.4, 0.5) is 0 Å². The van der Waals surface area contributed by atoms with Crippen LogP contribution in [0.3, 0.4) is 0 Å². The number of hydrogen-bond acceptors (Lipinski definition) is 3. The molecule has 2 saturated carbocycles. The molecule has 17 heavy (non-hydrogen) atoms. The zero-order valence-corrected chi connectivity index (χ0v) is 9.58. The van der Waals surface area contributed by atoms with Crippen molar-refractivity contribution in [3.8, 4) is 0 Å². The van der Waals surface area contributed by atoms with Crippen LogP contribution in [0, 0.1) is 17.8 Å². The van der Waals surface area contributed by atoms with Crippen LogP contribution < -0.4 is 0 Å². The highest BCUT2D eigenvalue weighted by Gasteiger charge is 2.59. The van der Waals surface area contributed by atoms with Gasteiger partial charge in [-0.3, -0.25) is 4.79 Å². The molecule has 0 aromatic heterocycles. The number of nitrogens with zero attached hydrogens (tertiary/aromatic N) is 1. The van der Waals surface area contributed by atoms with Gasteiger partial charge in [0, 0.05) is 18.9 Å². The number of carboxylic acid groups (broad SMARTS) is 1. The lowest BCUT2D eigenvalue weighted by molar-refractivity contribution is -0.149. The number of aliphatic hydroxyl groups excluding tert-OH is 1. The average Bonchev–Trinajstić information content (AvgIpc) is 2.67. The van der Waals surface area contributed by atoms with Gasteiger partial charge in [-0.25, -0.2) is 4.79 Å². The molecule has 0 bridgehead atoms. The summed E-state index contributed by atoms with van der Waals surface area (Å²) in [5, 5.41) is 18.6. The van der Waals surface area contributed by atoms with Gasteiger partial charge in [-0.05, 0) is 24.7 Å². The molecular weight excluding hydrogens is 222 g/mol. The number of fused-ring (bicyclic) bond motifs is 1. The number of carboxylic acids is 1. The van der Waals surface area contributed by atoms with Gasteiger partial charge in [-0.2, -0.15) is 0 Å². The van der Waals surface area contributed by atoms with E-state index in [1.807, 2.05) is 0 Å². The molecule has 2 unspecified atom stereocenters. The van der Waals surface area contributed by atoms with Gasteiger partial charge in [-0.15, -0.1) is 0 Å². The summed E-state index contributed by atoms with van der Waals surface area (Å²) in [5.41, 5.74) is 0. The van der Waals surface area contributed by atoms with Gasteiger partial charge in [0.25, 0.3) is 0 Å². The van der Waals surface area contributed by atoms with Gasteiger partial charge in [0.2, 0.25) is 5.91 Å². The fraction of sp³-hybridized carbons (Fsp3) is 0.833. The van der Waals surface area contributed by atoms with Crippen LogP contribution in [-0.2, 0) is 9.59 Å². The van der Waals surface area contributed by atoms with Gasteiger partial charge < -0.3 is 15.1 Å². The van der Waals surface area contributed by atoms with E-state index in [1.54, 1.807) is 0 Å². The normalized spacial score (nSPS) is 43.6. The van der Waals surface area contributed by atoms with Crippen molar-refractivity contribution in [1.82, 2.24) is 4.90 Å². The molecule has 3 rings (SSSR count). The van der Waals surface area contributed by atoms with Crippen molar-refractivity contribution in [3.05, 3.63) is 0 Å². The molecule has 3 fully saturated rings. The Morgan fingerprint density at radius 2 is 1.82 bits per heavy atom. The fourth-order valence-corrected chi connectivity index (χ4v) is 3.67. The number of carbonyl (C=O) groups is 2. The highest BCUT2D eigenvalue weighted by molar-refractivity contribution is 5.88. The SMILES string of the molecule is O=C(O)[C@@H]1C[C@@H](O)CN1C(=O)C1C2CCCC21. The van der Waals surface area contributed by atoms with E-state index in [9.17, 15) is 14.7 Å². The molecule has 1 saturated heterocycles. The van der Waals surface area contributed by atoms with Crippen molar-refractivity contribution in [2.75, 3.05) is 6.54 Å². The summed E-state index contributed by atoms with van der Waals surface area (Å²) in [6.45, 7) is 0.186. The molecule has 0 aromatic carbocycles. The molecule has 1 amide bonds. The summed E-state index contributed by atoms with van der Waals surface area (Å²) in [6.07, 6.45) is 2.90. The Labute approximate surface area is 99.4 Å². The molecule has 2 aliphatic carbocycles. The van der Waals surface area contributed by atoms with Crippen LogP contribution in [0.1, 0.15) is 25.7 Å². The Morgan fingerprint density at radius 1 is 1.18 bits per heavy atom. The second kappa shape index (κ2) is 3.70. The number of β-amino-alcohol motifs (C(OH)–C–C–N with tert-alkyl or cyclic N) is 1. The van der Waals surface area contributed by atoms with Crippen LogP contribution >= 0.6 is 0 Å². The third-order valence-corrected chi connectivity index (χ3v) is 4.54. The van der Waals surface area contributed by atoms with Crippen molar-refractivity contribution in [1.29, 1.82) is 0 Å². The van der Waals surface area contributed by atoms with Crippen LogP contribution in [-0.4, -0.2) is 45.7 Å². The molecule has 2 N–H and O–H groups in total. The summed E-state index contributed by atoms with van der Waals surface area (Å²) >= 11 is 0. The number of amides is 1. The zero-order valence-electron chi connectivity index (χ0n) is 9.58. The van der Waals surface area contributed by atoms with E-state index in [0.717, 1.165) is 12.8 Å². The first-order valence-electron chi connectivity index (χ1n) is 6.31. The number of hydrogen-bond donors (Lipinski definition) is 2. The Kier molecular flexibility index (Phi) is 2.40. The predicted molar refractivity (Wildman–Crippen MR) is 58.1 cm³/mol. The second-order valence-corrected chi connectivity index (χ2v) is 5.52. The van der Waals surface area contributed by atoms with Gasteiger partial charge in [0.05, 0.1) is 6.10 Å². The summed E-state index contributed by atoms with van der Waals surface area (Å²) in [6, 6.07) is -0.821. The Balaban J connectivity index is 1.71. The van der Waals surface area contributed by atoms with E-state index < -0.39 is 18.1 Å². The van der Waals surface area contributed by atoms with Crippen LogP contribution in [0.5, 0.6) is 0 Å². The van der Waals surface area contributed by atoms with Crippen LogP contribution in [0.25, 0.3) is 0 Å². The molecule has 94 valence electrons. The van der Waals surface area contributed by atoms with Crippen molar-refractivity contribution in [2.45, 2.75) is 37.8 Å². The summed E-state index contributed by atoms with van der Waals surface area (Å²) in [7, 11) is 0. The molecule has 0 aromatic rings. The lowest BCUT2D eigenvalue weighted by Crippen LogP contribution is -2.42. The predicted octanol–water partition coefficient (Wildman–Crippen LogP) is 0.0789. The van der Waals surface area contributed by atoms with Gasteiger partial charge >= 0.3 is 5.97 Å². The highest BCUT2D eigenvalue weighted by atomic mass is 16.4. The summed E-state index contributed by atoms with van der Waals surface area (Å²) in [4.78, 5) is 24.7. The molecule has 5 heteroatoms. The minimum atomic E-state index is -0.999. The minimum Gasteiger partial charge on any atom is -0.480 e. The van der Waals surface area contributed by atoms with Crippen molar-refractivity contribution in [3.63, 3.8) is 0 Å². The lowest BCUT2D eigenvalue weighted by atomic mass is 10.1. The van der Waals surface area contributed by atoms with Gasteiger partial charge in [0.15, 0.2) is 0 Å². The highest BCUT2D eigenvalue weighted by Crippen LogP contribution is 2.58. The molecule has 5 nitrogen and oxygen atoms in total. The summed E-state index contributed by atoms with van der Waals surface area (Å²) < 4.78 is 0. The van der Waals surface area contributed by atoms with E-state index in [4.69, 9.17) is 5.11 Å². The monoisotopic (exact) mass is 239 g/mol. The largest absolute Gasteiger partial charge is 0.480 e. The number of aliphatic carboxylic acids is 1. The molecule has 4 atom stereocenters. The number of likely N-dealkylation sites (tertiary alicyclic amines) is 1. The topological polar surface area (TPSA) is 77.8 Å². The number of rotatable bonds is 2. The molecule has 1 heterocycles. The van der Waals surface area contributed by atoms with Crippen molar-refractivity contribution in [2.24, 2.45) is 17.8 Å². The quantitative estimate of drug-likeness (QED) is 0.715. The molecular formula is C12H17NO4. The average molecular weight is 239 g/mol. The fourth-order valence-electron chi connectivity index (χ4n) is 3.67. The van der Waals surface area contributed by atoms with Gasteiger partial charge in [-0.1, -0.05) is 6.42 Å². The Bertz CT molecular complexity index is 360. The summed E-state index contributed by atoms with van der Waals surface area (Å²) in [5.74, 6) is 0.00429. The number of carbonyl (C=O) groups excluding carboxylic acids is 1. The van der Waals surface area contributed by atoms with E-state index in [-0.39, 0.29) is 24.8 Å². The van der Waals surface area contributed by atoms with Gasteiger partial charge in [0.1, 0.15) is 6.04 Å². The van der Waals surface area contributed by atoms with Crippen LogP contribution in [0.2, 0.25) is 0 Å². The maximum absolute atomic E-state index is 12.2. The van der Waals surface area contributed by atoms with E-state index in [2.05, 4.69) is 0 Å². The molecule has 0 radical (unpaired) electrons. The van der Waals surface area contributed by atoms with E-state index >= 15 is 0 Å². The first kappa shape index (κ1) is 11.0. The second-order valence-electron chi connectivity index (χ2n) is 5.52. The first-order valence-corrected chi connectivity index (χ1v) is 6.31. The van der Waals surface area contributed by atoms with Crippen LogP contribution in [0.15, 0.2) is 0 Å². The van der Waals surface area contributed by atoms with E-state index in [1.165, 1.54) is 11.3 Å². The van der Waals surface area contributed by atoms with Crippen molar-refractivity contribution < 1.29 is 19.8 Å².